The summed E-state index contributed by atoms with van der Waals surface area (Å²) in [7, 11) is 0. The molecule has 5 nitrogen and oxygen atoms in total. The van der Waals surface area contributed by atoms with Crippen LogP contribution in [0.15, 0.2) is 30.3 Å². The standard InChI is InChI=1S/C15H18N2O3/c18-14-16-7-6-15(10-19-11-15)13(8-16)17(14)20-9-12-4-2-1-3-5-12/h1-5,13H,6-11H2/t13-/m0/s1. The van der Waals surface area contributed by atoms with E-state index in [2.05, 4.69) is 0 Å². The van der Waals surface area contributed by atoms with Gasteiger partial charge in [-0.05, 0) is 12.0 Å². The molecule has 5 heteroatoms. The Kier molecular flexibility index (Phi) is 2.72. The molecule has 3 aliphatic heterocycles. The fraction of sp³-hybridized carbons (Fsp3) is 0.533. The fourth-order valence-corrected chi connectivity index (χ4v) is 3.35. The summed E-state index contributed by atoms with van der Waals surface area (Å²) < 4.78 is 5.40. The Balaban J connectivity index is 1.50. The average Bonchev–Trinajstić information content (AvgIpc) is 2.70. The average molecular weight is 274 g/mol. The maximum absolute atomic E-state index is 12.3. The highest BCUT2D eigenvalue weighted by molar-refractivity contribution is 5.76. The summed E-state index contributed by atoms with van der Waals surface area (Å²) in [5.74, 6) is 0. The largest absolute Gasteiger partial charge is 0.380 e. The molecule has 1 aromatic rings. The Labute approximate surface area is 118 Å². The van der Waals surface area contributed by atoms with Crippen LogP contribution in [0.5, 0.6) is 0 Å². The molecule has 20 heavy (non-hydrogen) atoms. The minimum atomic E-state index is 0.00899. The van der Waals surface area contributed by atoms with Crippen molar-refractivity contribution in [3.8, 4) is 0 Å². The molecule has 1 aromatic carbocycles. The van der Waals surface area contributed by atoms with Crippen molar-refractivity contribution in [1.82, 2.24) is 9.96 Å². The zero-order valence-corrected chi connectivity index (χ0v) is 11.3. The lowest BCUT2D eigenvalue weighted by Gasteiger charge is -2.48. The van der Waals surface area contributed by atoms with Crippen LogP contribution < -0.4 is 0 Å². The van der Waals surface area contributed by atoms with Crippen molar-refractivity contribution in [1.29, 1.82) is 0 Å². The number of hydrogen-bond acceptors (Lipinski definition) is 3. The lowest BCUT2D eigenvalue weighted by Crippen LogP contribution is -2.59. The third kappa shape index (κ3) is 1.73. The van der Waals surface area contributed by atoms with Crippen LogP contribution in [0.2, 0.25) is 0 Å². The Morgan fingerprint density at radius 3 is 2.80 bits per heavy atom. The van der Waals surface area contributed by atoms with Gasteiger partial charge in [0.25, 0.3) is 0 Å². The lowest BCUT2D eigenvalue weighted by molar-refractivity contribution is -0.220. The summed E-state index contributed by atoms with van der Waals surface area (Å²) in [6.45, 7) is 3.54. The number of urea groups is 1. The van der Waals surface area contributed by atoms with E-state index in [4.69, 9.17) is 9.57 Å². The number of hydroxylamine groups is 2. The molecule has 3 aliphatic rings. The molecule has 0 aliphatic carbocycles. The van der Waals surface area contributed by atoms with Gasteiger partial charge in [0.1, 0.15) is 6.61 Å². The highest BCUT2D eigenvalue weighted by Crippen LogP contribution is 2.45. The van der Waals surface area contributed by atoms with Gasteiger partial charge in [0.2, 0.25) is 0 Å². The number of ether oxygens (including phenoxy) is 1. The first-order valence-electron chi connectivity index (χ1n) is 7.11. The number of hydrogen-bond donors (Lipinski definition) is 0. The monoisotopic (exact) mass is 274 g/mol. The lowest BCUT2D eigenvalue weighted by atomic mass is 9.74. The van der Waals surface area contributed by atoms with E-state index in [0.29, 0.717) is 6.61 Å². The predicted octanol–water partition coefficient (Wildman–Crippen LogP) is 1.64. The molecule has 0 radical (unpaired) electrons. The third-order valence-electron chi connectivity index (χ3n) is 4.71. The second-order valence-corrected chi connectivity index (χ2v) is 5.93. The molecule has 4 rings (SSSR count). The number of rotatable bonds is 3. The van der Waals surface area contributed by atoms with E-state index in [1.54, 1.807) is 5.06 Å². The fourth-order valence-electron chi connectivity index (χ4n) is 3.35. The maximum Gasteiger partial charge on any atom is 0.344 e. The van der Waals surface area contributed by atoms with Crippen LogP contribution in [0.3, 0.4) is 0 Å². The van der Waals surface area contributed by atoms with Gasteiger partial charge in [0, 0.05) is 18.5 Å². The second kappa shape index (κ2) is 4.46. The van der Waals surface area contributed by atoms with Crippen LogP contribution in [-0.4, -0.2) is 48.3 Å². The van der Waals surface area contributed by atoms with Gasteiger partial charge < -0.3 is 9.64 Å². The van der Waals surface area contributed by atoms with E-state index in [1.807, 2.05) is 35.2 Å². The first-order chi connectivity index (χ1) is 9.78. The van der Waals surface area contributed by atoms with E-state index >= 15 is 0 Å². The van der Waals surface area contributed by atoms with Crippen molar-refractivity contribution in [2.75, 3.05) is 26.3 Å². The normalized spacial score (nSPS) is 27.0. The molecular formula is C15H18N2O3. The molecular weight excluding hydrogens is 256 g/mol. The summed E-state index contributed by atoms with van der Waals surface area (Å²) in [5, 5.41) is 1.60. The third-order valence-corrected chi connectivity index (χ3v) is 4.71. The molecule has 2 bridgehead atoms. The molecule has 3 saturated heterocycles. The Hall–Kier alpha value is -1.59. The molecule has 2 amide bonds. The van der Waals surface area contributed by atoms with Crippen molar-refractivity contribution in [2.45, 2.75) is 19.1 Å². The van der Waals surface area contributed by atoms with Gasteiger partial charge in [-0.15, -0.1) is 0 Å². The van der Waals surface area contributed by atoms with E-state index in [0.717, 1.165) is 38.3 Å². The number of amides is 2. The number of piperidine rings is 1. The van der Waals surface area contributed by atoms with Crippen molar-refractivity contribution in [2.24, 2.45) is 5.41 Å². The first kappa shape index (κ1) is 12.2. The molecule has 0 aromatic heterocycles. The van der Waals surface area contributed by atoms with Gasteiger partial charge in [-0.1, -0.05) is 30.3 Å². The summed E-state index contributed by atoms with van der Waals surface area (Å²) in [6.07, 6.45) is 1.02. The van der Waals surface area contributed by atoms with E-state index in [9.17, 15) is 4.79 Å². The summed E-state index contributed by atoms with van der Waals surface area (Å²) in [4.78, 5) is 20.0. The second-order valence-electron chi connectivity index (χ2n) is 5.93. The minimum absolute atomic E-state index is 0.00899. The van der Waals surface area contributed by atoms with E-state index in [1.165, 1.54) is 0 Å². The SMILES string of the molecule is O=C1N2CCC3(COC3)[C@H](C2)N1OCc1ccccc1. The number of fused-ring (bicyclic) bond motifs is 3. The Morgan fingerprint density at radius 2 is 2.10 bits per heavy atom. The molecule has 0 saturated carbocycles. The molecule has 106 valence electrons. The van der Waals surface area contributed by atoms with E-state index < -0.39 is 0 Å². The van der Waals surface area contributed by atoms with Gasteiger partial charge in [-0.25, -0.2) is 4.79 Å². The number of benzene rings is 1. The number of nitrogens with zero attached hydrogens (tertiary/aromatic N) is 2. The summed E-state index contributed by atoms with van der Waals surface area (Å²) in [6, 6.07) is 10.1. The zero-order valence-electron chi connectivity index (χ0n) is 11.3. The van der Waals surface area contributed by atoms with Crippen LogP contribution in [-0.2, 0) is 16.2 Å². The van der Waals surface area contributed by atoms with Crippen LogP contribution >= 0.6 is 0 Å². The maximum atomic E-state index is 12.3. The van der Waals surface area contributed by atoms with Crippen molar-refractivity contribution < 1.29 is 14.4 Å². The van der Waals surface area contributed by atoms with Gasteiger partial charge in [-0.3, -0.25) is 4.84 Å². The Bertz CT molecular complexity index is 515. The van der Waals surface area contributed by atoms with Crippen LogP contribution in [0, 0.1) is 5.41 Å². The molecule has 3 heterocycles. The van der Waals surface area contributed by atoms with Gasteiger partial charge in [-0.2, -0.15) is 5.06 Å². The van der Waals surface area contributed by atoms with Crippen LogP contribution in [0.4, 0.5) is 4.79 Å². The summed E-state index contributed by atoms with van der Waals surface area (Å²) >= 11 is 0. The van der Waals surface area contributed by atoms with Crippen LogP contribution in [0.1, 0.15) is 12.0 Å². The highest BCUT2D eigenvalue weighted by Gasteiger charge is 2.58. The van der Waals surface area contributed by atoms with Gasteiger partial charge in [0.15, 0.2) is 0 Å². The van der Waals surface area contributed by atoms with Crippen molar-refractivity contribution >= 4 is 6.03 Å². The zero-order chi connectivity index (χ0) is 13.6. The molecule has 0 N–H and O–H groups in total. The highest BCUT2D eigenvalue weighted by atomic mass is 16.7. The molecule has 1 atom stereocenters. The van der Waals surface area contributed by atoms with E-state index in [-0.39, 0.29) is 17.5 Å². The molecule has 0 unspecified atom stereocenters. The number of carbonyl (C=O) groups excluding carboxylic acids is 1. The minimum Gasteiger partial charge on any atom is -0.380 e. The van der Waals surface area contributed by atoms with Crippen molar-refractivity contribution in [3.05, 3.63) is 35.9 Å². The Morgan fingerprint density at radius 1 is 1.30 bits per heavy atom. The first-order valence-corrected chi connectivity index (χ1v) is 7.11. The quantitative estimate of drug-likeness (QED) is 0.841. The number of carbonyl (C=O) groups is 1. The van der Waals surface area contributed by atoms with Crippen LogP contribution in [0.25, 0.3) is 0 Å². The van der Waals surface area contributed by atoms with Gasteiger partial charge in [0.05, 0.1) is 19.3 Å². The molecule has 3 fully saturated rings. The topological polar surface area (TPSA) is 42.0 Å². The molecule has 1 spiro atoms. The van der Waals surface area contributed by atoms with Crippen molar-refractivity contribution in [3.63, 3.8) is 0 Å². The van der Waals surface area contributed by atoms with Gasteiger partial charge >= 0.3 is 6.03 Å². The summed E-state index contributed by atoms with van der Waals surface area (Å²) in [5.41, 5.74) is 1.20. The smallest absolute Gasteiger partial charge is 0.344 e. The predicted molar refractivity (Wildman–Crippen MR) is 71.7 cm³/mol.